The van der Waals surface area contributed by atoms with E-state index in [2.05, 4.69) is 38.2 Å². The van der Waals surface area contributed by atoms with Crippen LogP contribution < -0.4 is 40.8 Å². The first-order chi connectivity index (χ1) is 41.9. The van der Waals surface area contributed by atoms with Crippen molar-refractivity contribution in [3.05, 3.63) is 47.5 Å². The Labute approximate surface area is 533 Å². The number of carbonyl (C=O) groups is 8. The number of methoxy groups -OCH3 is 1. The van der Waals surface area contributed by atoms with Gasteiger partial charge in [-0.15, -0.1) is 0 Å². The van der Waals surface area contributed by atoms with Crippen molar-refractivity contribution >= 4 is 58.1 Å². The topological polar surface area (TPSA) is 314 Å². The van der Waals surface area contributed by atoms with Gasteiger partial charge in [0.15, 0.2) is 0 Å². The lowest BCUT2D eigenvalue weighted by atomic mass is 9.93. The SMILES string of the molecule is CCCCCCCCCCN(CCS(=O)(=O)N[C@@H](CCCCNC(=O)OC(C)(C)C)C(=O)N(C)[C@@H]1C(=O)N[C@@H](C)C(=O)N[C@H](C(=O)OC)Cc2ccc(OCCNC(=O)OC(C)(C)C)c(c2)-c2cc1ccc2OCCNC(=O)OC(C)(C)C)C(=O)OC(C)(C)C. The number of alkyl carbamates (subject to hydrolysis) is 3. The van der Waals surface area contributed by atoms with Crippen LogP contribution in [0.15, 0.2) is 36.4 Å². The molecular formula is C64H104N8O17S. The van der Waals surface area contributed by atoms with Crippen molar-refractivity contribution in [2.45, 2.75) is 221 Å². The average molecular weight is 1290 g/mol. The van der Waals surface area contributed by atoms with E-state index in [1.165, 1.54) is 24.9 Å². The molecule has 90 heavy (non-hydrogen) atoms. The minimum atomic E-state index is -4.44. The van der Waals surface area contributed by atoms with Crippen LogP contribution in [0, 0.1) is 0 Å². The number of esters is 1. The second kappa shape index (κ2) is 36.1. The molecule has 0 spiro atoms. The number of sulfonamides is 1. The highest BCUT2D eigenvalue weighted by Crippen LogP contribution is 2.40. The molecule has 0 aromatic heterocycles. The van der Waals surface area contributed by atoms with E-state index < -0.39 is 110 Å². The van der Waals surface area contributed by atoms with E-state index in [1.54, 1.807) is 113 Å². The lowest BCUT2D eigenvalue weighted by Gasteiger charge is -2.33. The third-order valence-corrected chi connectivity index (χ3v) is 14.8. The van der Waals surface area contributed by atoms with Gasteiger partial charge in [-0.25, -0.2) is 37.1 Å². The number of fused-ring (bicyclic) bond motifs is 5. The standard InChI is InChI=1S/C64H104N8O17S/c1-17-18-19-20-21-22-23-26-35-72(60(80)89-64(12,13)14)36-39-90(81,82)70-48(27-24-25-32-65-57(77)86-61(3,4)5)55(75)71(15)52-45-29-31-51(85-38-34-67-59(79)88-63(9,10)11)47(42-45)46-40-44(28-30-50(46)84-37-33-66-58(78)87-62(6,7)8)41-49(56(76)83-16)69-53(73)43(2)68-54(52)74/h28-31,40,42-43,48-49,52,70H,17-27,32-39,41H2,1-16H3,(H,65,77)(H,66,78)(H,67,79)(H,68,74)(H,69,73)/t43-,48-,49-,52-/m0/s1. The monoisotopic (exact) mass is 1290 g/mol. The van der Waals surface area contributed by atoms with Crippen molar-refractivity contribution in [3.63, 3.8) is 0 Å². The third-order valence-electron chi connectivity index (χ3n) is 13.5. The van der Waals surface area contributed by atoms with E-state index >= 15 is 9.59 Å². The number of benzene rings is 2. The molecule has 508 valence electrons. The third kappa shape index (κ3) is 29.7. The van der Waals surface area contributed by atoms with Crippen molar-refractivity contribution in [3.8, 4) is 22.6 Å². The van der Waals surface area contributed by atoms with Crippen LogP contribution in [0.1, 0.15) is 185 Å². The lowest BCUT2D eigenvalue weighted by Crippen LogP contribution is -2.55. The van der Waals surface area contributed by atoms with Gasteiger partial charge in [0.2, 0.25) is 27.7 Å². The highest BCUT2D eigenvalue weighted by Gasteiger charge is 2.38. The molecule has 25 nitrogen and oxygen atoms in total. The first kappa shape index (κ1) is 77.2. The summed E-state index contributed by atoms with van der Waals surface area (Å²) in [6, 6.07) is 3.82. The van der Waals surface area contributed by atoms with Crippen LogP contribution in [0.25, 0.3) is 11.1 Å². The first-order valence-electron chi connectivity index (χ1n) is 31.3. The Morgan fingerprint density at radius 2 is 1.12 bits per heavy atom. The van der Waals surface area contributed by atoms with Gasteiger partial charge in [0.1, 0.15) is 71.3 Å². The summed E-state index contributed by atoms with van der Waals surface area (Å²) in [6.07, 6.45) is 5.41. The van der Waals surface area contributed by atoms with Gasteiger partial charge in [-0.2, -0.15) is 0 Å². The van der Waals surface area contributed by atoms with Crippen molar-refractivity contribution < 1.29 is 79.9 Å². The molecule has 0 unspecified atom stereocenters. The van der Waals surface area contributed by atoms with Gasteiger partial charge in [0.25, 0.3) is 0 Å². The Morgan fingerprint density at radius 3 is 1.64 bits per heavy atom. The second-order valence-corrected chi connectivity index (χ2v) is 28.2. The number of hydrogen-bond acceptors (Lipinski definition) is 17. The van der Waals surface area contributed by atoms with Gasteiger partial charge < -0.3 is 69.5 Å². The normalized spacial score (nSPS) is 15.9. The largest absolute Gasteiger partial charge is 0.491 e. The minimum absolute atomic E-state index is 0.00784. The number of rotatable bonds is 30. The summed E-state index contributed by atoms with van der Waals surface area (Å²) >= 11 is 0. The van der Waals surface area contributed by atoms with Crippen LogP contribution in [0.2, 0.25) is 0 Å². The van der Waals surface area contributed by atoms with E-state index in [4.69, 9.17) is 33.2 Å². The quantitative estimate of drug-likeness (QED) is 0.0242. The van der Waals surface area contributed by atoms with Gasteiger partial charge in [-0.1, -0.05) is 64.0 Å². The average Bonchev–Trinajstić information content (AvgIpc) is 1.14. The molecule has 1 aliphatic heterocycles. The summed E-state index contributed by atoms with van der Waals surface area (Å²) in [7, 11) is -1.96. The molecular weight excluding hydrogens is 1180 g/mol. The van der Waals surface area contributed by atoms with Gasteiger partial charge in [0.05, 0.1) is 26.0 Å². The van der Waals surface area contributed by atoms with Gasteiger partial charge in [-0.3, -0.25) is 14.4 Å². The fourth-order valence-electron chi connectivity index (χ4n) is 9.28. The number of likely N-dealkylation sites (N-methyl/N-ethyl adjacent to an activating group) is 1. The maximum atomic E-state index is 15.4. The Hall–Kier alpha value is -7.09. The van der Waals surface area contributed by atoms with Crippen LogP contribution in [0.3, 0.4) is 0 Å². The molecule has 0 saturated heterocycles. The molecule has 2 aromatic carbocycles. The fraction of sp³-hybridized carbons (Fsp3) is 0.688. The Morgan fingerprint density at radius 1 is 0.622 bits per heavy atom. The lowest BCUT2D eigenvalue weighted by molar-refractivity contribution is -0.145. The smallest absolute Gasteiger partial charge is 0.410 e. The van der Waals surface area contributed by atoms with Crippen molar-refractivity contribution in [1.82, 2.24) is 41.1 Å². The molecule has 1 aliphatic rings. The summed E-state index contributed by atoms with van der Waals surface area (Å²) in [5.74, 6) is -3.55. The molecule has 2 aromatic rings. The molecule has 1 heterocycles. The molecule has 3 rings (SSSR count). The van der Waals surface area contributed by atoms with Crippen LogP contribution >= 0.6 is 0 Å². The van der Waals surface area contributed by atoms with Gasteiger partial charge in [0, 0.05) is 44.2 Å². The number of nitrogens with zero attached hydrogens (tertiary/aromatic N) is 2. The van der Waals surface area contributed by atoms with E-state index in [9.17, 15) is 37.2 Å². The van der Waals surface area contributed by atoms with E-state index in [0.29, 0.717) is 17.5 Å². The summed E-state index contributed by atoms with van der Waals surface area (Å²) in [4.78, 5) is 112. The number of hydrogen-bond donors (Lipinski definition) is 6. The minimum Gasteiger partial charge on any atom is -0.491 e. The van der Waals surface area contributed by atoms with Crippen molar-refractivity contribution in [2.75, 3.05) is 65.8 Å². The molecule has 4 bridgehead atoms. The highest BCUT2D eigenvalue weighted by atomic mass is 32.2. The fourth-order valence-corrected chi connectivity index (χ4v) is 10.5. The summed E-state index contributed by atoms with van der Waals surface area (Å²) in [6.45, 7) is 24.0. The Kier molecular flexibility index (Phi) is 30.9. The molecule has 6 N–H and O–H groups in total. The maximum absolute atomic E-state index is 15.4. The molecule has 0 saturated carbocycles. The van der Waals surface area contributed by atoms with Crippen LogP contribution in [0.5, 0.6) is 11.5 Å². The maximum Gasteiger partial charge on any atom is 0.410 e. The zero-order valence-corrected chi connectivity index (χ0v) is 57.0. The Balaban J connectivity index is 2.25. The molecule has 0 fully saturated rings. The summed E-state index contributed by atoms with van der Waals surface area (Å²) in [5.41, 5.74) is -1.97. The molecule has 0 aliphatic carbocycles. The number of nitrogens with one attached hydrogen (secondary N) is 6. The number of ether oxygens (including phenoxy) is 7. The summed E-state index contributed by atoms with van der Waals surface area (Å²) < 4.78 is 71.2. The predicted molar refractivity (Wildman–Crippen MR) is 341 cm³/mol. The number of amides is 7. The number of carbonyl (C=O) groups excluding carboxylic acids is 8. The first-order valence-corrected chi connectivity index (χ1v) is 32.9. The summed E-state index contributed by atoms with van der Waals surface area (Å²) in [5, 5.41) is 13.4. The zero-order valence-electron chi connectivity index (χ0n) is 56.2. The molecule has 26 heteroatoms. The highest BCUT2D eigenvalue weighted by molar-refractivity contribution is 7.89. The Bertz CT molecular complexity index is 2810. The van der Waals surface area contributed by atoms with Gasteiger partial charge in [-0.05, 0) is 151 Å². The van der Waals surface area contributed by atoms with E-state index in [0.717, 1.165) is 57.0 Å². The van der Waals surface area contributed by atoms with Crippen molar-refractivity contribution in [2.24, 2.45) is 0 Å². The molecule has 4 atom stereocenters. The molecule has 7 amide bonds. The van der Waals surface area contributed by atoms with E-state index in [1.807, 2.05) is 0 Å². The number of unbranched alkanes of at least 4 members (excludes halogenated alkanes) is 8. The predicted octanol–water partition coefficient (Wildman–Crippen LogP) is 8.74. The zero-order chi connectivity index (χ0) is 67.6. The molecule has 0 radical (unpaired) electrons. The van der Waals surface area contributed by atoms with Crippen molar-refractivity contribution in [1.29, 1.82) is 0 Å². The second-order valence-electron chi connectivity index (χ2n) is 26.4. The van der Waals surface area contributed by atoms with Crippen LogP contribution in [-0.2, 0) is 59.3 Å². The van der Waals surface area contributed by atoms with Gasteiger partial charge >= 0.3 is 30.3 Å². The van der Waals surface area contributed by atoms with E-state index in [-0.39, 0.29) is 94.2 Å². The van der Waals surface area contributed by atoms with Crippen LogP contribution in [0.4, 0.5) is 19.2 Å². The van der Waals surface area contributed by atoms with Crippen LogP contribution in [-0.4, -0.2) is 173 Å².